The lowest BCUT2D eigenvalue weighted by atomic mass is 10.1. The zero-order valence-corrected chi connectivity index (χ0v) is 18.6. The fraction of sp³-hybridized carbons (Fsp3) is 0.478. The minimum absolute atomic E-state index is 0.0366. The number of carbonyl (C=O) groups excluding carboxylic acids is 1. The predicted octanol–water partition coefficient (Wildman–Crippen LogP) is 2.53. The van der Waals surface area contributed by atoms with Gasteiger partial charge >= 0.3 is 0 Å². The van der Waals surface area contributed by atoms with E-state index < -0.39 is 0 Å². The fourth-order valence-corrected chi connectivity index (χ4v) is 3.21. The highest BCUT2D eigenvalue weighted by atomic mass is 16.3. The van der Waals surface area contributed by atoms with Gasteiger partial charge in [0.2, 0.25) is 5.91 Å². The number of rotatable bonds is 11. The maximum atomic E-state index is 12.0. The van der Waals surface area contributed by atoms with Crippen molar-refractivity contribution in [3.63, 3.8) is 0 Å². The van der Waals surface area contributed by atoms with Gasteiger partial charge in [0.05, 0.1) is 12.3 Å². The number of carbonyl (C=O) groups is 1. The van der Waals surface area contributed by atoms with Crippen LogP contribution in [0.15, 0.2) is 58.1 Å². The maximum absolute atomic E-state index is 12.0. The van der Waals surface area contributed by atoms with Crippen LogP contribution in [0.2, 0.25) is 0 Å². The van der Waals surface area contributed by atoms with Crippen molar-refractivity contribution >= 4 is 11.9 Å². The second-order valence-electron chi connectivity index (χ2n) is 7.24. The van der Waals surface area contributed by atoms with Crippen LogP contribution in [0.1, 0.15) is 31.2 Å². The van der Waals surface area contributed by atoms with Crippen molar-refractivity contribution in [1.82, 2.24) is 20.4 Å². The molecule has 7 nitrogen and oxygen atoms in total. The summed E-state index contributed by atoms with van der Waals surface area (Å²) in [6.45, 7) is 7.71. The average molecular weight is 414 g/mol. The molecule has 0 saturated carbocycles. The first kappa shape index (κ1) is 23.5. The standard InChI is InChI=1S/C23H35N5O2/c1-5-28(6-2)21(19-11-8-7-9-12-19)17-25-23(26-18-22(29)27(3)4)24-15-14-20-13-10-16-30-20/h7-13,16,21H,5-6,14-15,17-18H2,1-4H3,(H2,24,25,26). The highest BCUT2D eigenvalue weighted by molar-refractivity contribution is 5.84. The Hall–Kier alpha value is -2.80. The summed E-state index contributed by atoms with van der Waals surface area (Å²) >= 11 is 0. The Balaban J connectivity index is 2.06. The molecule has 1 atom stereocenters. The number of furan rings is 1. The van der Waals surface area contributed by atoms with Crippen LogP contribution in [0, 0.1) is 0 Å². The van der Waals surface area contributed by atoms with Crippen LogP contribution in [0.3, 0.4) is 0 Å². The van der Waals surface area contributed by atoms with Gasteiger partial charge in [0.15, 0.2) is 5.96 Å². The Morgan fingerprint density at radius 3 is 2.40 bits per heavy atom. The summed E-state index contributed by atoms with van der Waals surface area (Å²) in [6, 6.07) is 14.5. The van der Waals surface area contributed by atoms with Gasteiger partial charge in [0.25, 0.3) is 0 Å². The van der Waals surface area contributed by atoms with Crippen LogP contribution >= 0.6 is 0 Å². The lowest BCUT2D eigenvalue weighted by molar-refractivity contribution is -0.127. The number of nitrogens with one attached hydrogen (secondary N) is 2. The molecule has 0 radical (unpaired) electrons. The molecule has 1 amide bonds. The number of likely N-dealkylation sites (N-methyl/N-ethyl adjacent to an activating group) is 2. The second-order valence-corrected chi connectivity index (χ2v) is 7.24. The molecule has 7 heteroatoms. The van der Waals surface area contributed by atoms with Crippen molar-refractivity contribution in [3.05, 3.63) is 60.1 Å². The number of amides is 1. The number of hydrogen-bond donors (Lipinski definition) is 2. The number of guanidine groups is 1. The predicted molar refractivity (Wildman–Crippen MR) is 122 cm³/mol. The van der Waals surface area contributed by atoms with E-state index in [1.165, 1.54) is 5.56 Å². The first-order valence-corrected chi connectivity index (χ1v) is 10.6. The van der Waals surface area contributed by atoms with Crippen LogP contribution in [0.4, 0.5) is 0 Å². The van der Waals surface area contributed by atoms with E-state index in [4.69, 9.17) is 4.42 Å². The van der Waals surface area contributed by atoms with E-state index in [-0.39, 0.29) is 18.5 Å². The lowest BCUT2D eigenvalue weighted by Crippen LogP contribution is -2.44. The molecule has 0 aliphatic carbocycles. The Kier molecular flexibility index (Phi) is 9.94. The molecule has 30 heavy (non-hydrogen) atoms. The Morgan fingerprint density at radius 2 is 1.80 bits per heavy atom. The first-order valence-electron chi connectivity index (χ1n) is 10.6. The van der Waals surface area contributed by atoms with Crippen LogP contribution in [0.5, 0.6) is 0 Å². The summed E-state index contributed by atoms with van der Waals surface area (Å²) in [5.74, 6) is 1.51. The highest BCUT2D eigenvalue weighted by Gasteiger charge is 2.18. The zero-order valence-electron chi connectivity index (χ0n) is 18.6. The second kappa shape index (κ2) is 12.7. The van der Waals surface area contributed by atoms with Crippen LogP contribution < -0.4 is 10.6 Å². The quantitative estimate of drug-likeness (QED) is 0.437. The molecule has 164 valence electrons. The van der Waals surface area contributed by atoms with Gasteiger partial charge in [-0.2, -0.15) is 0 Å². The molecule has 2 rings (SSSR count). The van der Waals surface area contributed by atoms with Crippen LogP contribution in [-0.2, 0) is 11.2 Å². The third kappa shape index (κ3) is 7.55. The summed E-state index contributed by atoms with van der Waals surface area (Å²) in [7, 11) is 3.47. The molecular formula is C23H35N5O2. The zero-order chi connectivity index (χ0) is 21.8. The smallest absolute Gasteiger partial charge is 0.243 e. The van der Waals surface area contributed by atoms with Crippen molar-refractivity contribution in [2.45, 2.75) is 26.3 Å². The van der Waals surface area contributed by atoms with Crippen LogP contribution in [0.25, 0.3) is 0 Å². The van der Waals surface area contributed by atoms with E-state index in [2.05, 4.69) is 58.6 Å². The van der Waals surface area contributed by atoms with E-state index in [9.17, 15) is 4.79 Å². The van der Waals surface area contributed by atoms with Crippen molar-refractivity contribution in [2.75, 3.05) is 46.8 Å². The van der Waals surface area contributed by atoms with Gasteiger partial charge in [-0.05, 0) is 30.8 Å². The number of benzene rings is 1. The average Bonchev–Trinajstić information content (AvgIpc) is 3.28. The van der Waals surface area contributed by atoms with Gasteiger partial charge in [0, 0.05) is 33.6 Å². The summed E-state index contributed by atoms with van der Waals surface area (Å²) < 4.78 is 5.39. The molecule has 0 saturated heterocycles. The molecule has 2 N–H and O–H groups in total. The molecule has 0 aliphatic rings. The lowest BCUT2D eigenvalue weighted by Gasteiger charge is -2.31. The summed E-state index contributed by atoms with van der Waals surface area (Å²) in [5.41, 5.74) is 1.26. The molecule has 1 aromatic heterocycles. The third-order valence-electron chi connectivity index (χ3n) is 5.02. The molecule has 0 fully saturated rings. The summed E-state index contributed by atoms with van der Waals surface area (Å²) in [5, 5.41) is 6.76. The Labute approximate surface area is 180 Å². The SMILES string of the molecule is CCN(CC)C(CNC(=NCC(=O)N(C)C)NCCc1ccco1)c1ccccc1. The van der Waals surface area contributed by atoms with E-state index in [1.54, 1.807) is 25.3 Å². The van der Waals surface area contributed by atoms with Gasteiger partial charge in [-0.15, -0.1) is 0 Å². The molecule has 0 aliphatic heterocycles. The Bertz CT molecular complexity index is 755. The minimum Gasteiger partial charge on any atom is -0.469 e. The summed E-state index contributed by atoms with van der Waals surface area (Å²) in [4.78, 5) is 20.5. The molecular weight excluding hydrogens is 378 g/mol. The molecule has 0 bridgehead atoms. The van der Waals surface area contributed by atoms with E-state index in [0.717, 1.165) is 25.3 Å². The maximum Gasteiger partial charge on any atom is 0.243 e. The highest BCUT2D eigenvalue weighted by Crippen LogP contribution is 2.19. The van der Waals surface area contributed by atoms with Gasteiger partial charge in [-0.25, -0.2) is 4.99 Å². The van der Waals surface area contributed by atoms with Crippen molar-refractivity contribution in [3.8, 4) is 0 Å². The van der Waals surface area contributed by atoms with Gasteiger partial charge in [-0.1, -0.05) is 44.2 Å². The third-order valence-corrected chi connectivity index (χ3v) is 5.02. The number of aliphatic imine (C=N–C) groups is 1. The number of nitrogens with zero attached hydrogens (tertiary/aromatic N) is 3. The van der Waals surface area contributed by atoms with E-state index >= 15 is 0 Å². The first-order chi connectivity index (χ1) is 14.5. The van der Waals surface area contributed by atoms with Crippen molar-refractivity contribution in [1.29, 1.82) is 0 Å². The minimum atomic E-state index is -0.0366. The van der Waals surface area contributed by atoms with Crippen LogP contribution in [-0.4, -0.2) is 68.5 Å². The molecule has 1 aromatic carbocycles. The Morgan fingerprint density at radius 1 is 1.07 bits per heavy atom. The topological polar surface area (TPSA) is 73.1 Å². The van der Waals surface area contributed by atoms with Gasteiger partial charge in [0.1, 0.15) is 12.3 Å². The van der Waals surface area contributed by atoms with Crippen molar-refractivity contribution < 1.29 is 9.21 Å². The van der Waals surface area contributed by atoms with Crippen molar-refractivity contribution in [2.24, 2.45) is 4.99 Å². The molecule has 0 spiro atoms. The fourth-order valence-electron chi connectivity index (χ4n) is 3.21. The van der Waals surface area contributed by atoms with Gasteiger partial charge < -0.3 is 20.0 Å². The monoisotopic (exact) mass is 413 g/mol. The molecule has 2 aromatic rings. The largest absolute Gasteiger partial charge is 0.469 e. The summed E-state index contributed by atoms with van der Waals surface area (Å²) in [6.07, 6.45) is 2.42. The van der Waals surface area contributed by atoms with E-state index in [1.807, 2.05) is 18.2 Å². The molecule has 1 unspecified atom stereocenters. The normalized spacial score (nSPS) is 12.6. The number of hydrogen-bond acceptors (Lipinski definition) is 4. The molecule has 1 heterocycles. The van der Waals surface area contributed by atoms with E-state index in [0.29, 0.717) is 19.0 Å². The van der Waals surface area contributed by atoms with Gasteiger partial charge in [-0.3, -0.25) is 9.69 Å².